The van der Waals surface area contributed by atoms with E-state index in [1.54, 1.807) is 0 Å². The fourth-order valence-corrected chi connectivity index (χ4v) is 1.07. The van der Waals surface area contributed by atoms with Gasteiger partial charge in [0.05, 0.1) is 0 Å². The highest BCUT2D eigenvalue weighted by Crippen LogP contribution is 1.98. The minimum Gasteiger partial charge on any atom is -0.297 e. The Labute approximate surface area is 80.5 Å². The summed E-state index contributed by atoms with van der Waals surface area (Å²) in [4.78, 5) is 4.34. The summed E-state index contributed by atoms with van der Waals surface area (Å²) in [7, 11) is 0. The molecule has 0 saturated carbocycles. The Morgan fingerprint density at radius 1 is 1.23 bits per heavy atom. The van der Waals surface area contributed by atoms with E-state index < -0.39 is 0 Å². The molecule has 0 aliphatic heterocycles. The Balaban J connectivity index is 2.31. The van der Waals surface area contributed by atoms with Crippen molar-refractivity contribution in [1.29, 1.82) is 0 Å². The SMILES string of the molecule is CC(C)CN=CCc1ccccc1. The Hall–Kier alpha value is -1.11. The van der Waals surface area contributed by atoms with Crippen LogP contribution < -0.4 is 0 Å². The molecule has 0 atom stereocenters. The molecule has 0 aliphatic carbocycles. The monoisotopic (exact) mass is 175 g/mol. The van der Waals surface area contributed by atoms with Gasteiger partial charge in [0.1, 0.15) is 0 Å². The van der Waals surface area contributed by atoms with Gasteiger partial charge in [0.25, 0.3) is 0 Å². The van der Waals surface area contributed by atoms with E-state index in [-0.39, 0.29) is 0 Å². The van der Waals surface area contributed by atoms with Crippen molar-refractivity contribution < 1.29 is 0 Å². The second kappa shape index (κ2) is 5.52. The zero-order valence-corrected chi connectivity index (χ0v) is 8.40. The number of benzene rings is 1. The molecule has 13 heavy (non-hydrogen) atoms. The average molecular weight is 175 g/mol. The predicted octanol–water partition coefficient (Wildman–Crippen LogP) is 2.96. The van der Waals surface area contributed by atoms with Gasteiger partial charge in [-0.1, -0.05) is 44.2 Å². The van der Waals surface area contributed by atoms with Gasteiger partial charge in [0.2, 0.25) is 0 Å². The van der Waals surface area contributed by atoms with Crippen molar-refractivity contribution in [2.75, 3.05) is 6.54 Å². The highest BCUT2D eigenvalue weighted by Gasteiger charge is 1.89. The number of nitrogens with zero attached hydrogens (tertiary/aromatic N) is 1. The first kappa shape index (κ1) is 9.97. The van der Waals surface area contributed by atoms with Gasteiger partial charge in [0, 0.05) is 19.2 Å². The third-order valence-electron chi connectivity index (χ3n) is 1.77. The van der Waals surface area contributed by atoms with Gasteiger partial charge < -0.3 is 0 Å². The molecule has 0 radical (unpaired) electrons. The van der Waals surface area contributed by atoms with Gasteiger partial charge >= 0.3 is 0 Å². The molecule has 1 rings (SSSR count). The second-order valence-electron chi connectivity index (χ2n) is 3.63. The summed E-state index contributed by atoms with van der Waals surface area (Å²) < 4.78 is 0. The van der Waals surface area contributed by atoms with Crippen molar-refractivity contribution in [3.63, 3.8) is 0 Å². The molecule has 1 nitrogen and oxygen atoms in total. The van der Waals surface area contributed by atoms with Gasteiger partial charge in [-0.25, -0.2) is 0 Å². The van der Waals surface area contributed by atoms with Gasteiger partial charge in [0.15, 0.2) is 0 Å². The standard InChI is InChI=1S/C12H17N/c1-11(2)10-13-9-8-12-6-4-3-5-7-12/h3-7,9,11H,8,10H2,1-2H3. The molecule has 0 saturated heterocycles. The first-order valence-electron chi connectivity index (χ1n) is 4.81. The Morgan fingerprint density at radius 3 is 2.54 bits per heavy atom. The Morgan fingerprint density at radius 2 is 1.92 bits per heavy atom. The van der Waals surface area contributed by atoms with E-state index in [0.29, 0.717) is 5.92 Å². The average Bonchev–Trinajstić information content (AvgIpc) is 2.14. The lowest BCUT2D eigenvalue weighted by Gasteiger charge is -1.97. The van der Waals surface area contributed by atoms with E-state index in [1.807, 2.05) is 12.3 Å². The third-order valence-corrected chi connectivity index (χ3v) is 1.77. The smallest absolute Gasteiger partial charge is 0.0408 e. The summed E-state index contributed by atoms with van der Waals surface area (Å²) >= 11 is 0. The number of hydrogen-bond donors (Lipinski definition) is 0. The van der Waals surface area contributed by atoms with Crippen LogP contribution in [0.15, 0.2) is 35.3 Å². The topological polar surface area (TPSA) is 12.4 Å². The van der Waals surface area contributed by atoms with E-state index in [4.69, 9.17) is 0 Å². The minimum atomic E-state index is 0.659. The highest BCUT2D eigenvalue weighted by atomic mass is 14.7. The van der Waals surface area contributed by atoms with Gasteiger partial charge in [-0.2, -0.15) is 0 Å². The summed E-state index contributed by atoms with van der Waals surface area (Å²) in [6.07, 6.45) is 2.96. The maximum absolute atomic E-state index is 4.34. The molecule has 0 spiro atoms. The molecule has 0 aliphatic rings. The molecule has 0 bridgehead atoms. The highest BCUT2D eigenvalue weighted by molar-refractivity contribution is 5.61. The summed E-state index contributed by atoms with van der Waals surface area (Å²) in [6, 6.07) is 10.4. The molecule has 0 unspecified atom stereocenters. The second-order valence-corrected chi connectivity index (χ2v) is 3.63. The Bertz CT molecular complexity index is 249. The van der Waals surface area contributed by atoms with Crippen molar-refractivity contribution in [3.8, 4) is 0 Å². The zero-order chi connectivity index (χ0) is 9.52. The fourth-order valence-electron chi connectivity index (χ4n) is 1.07. The van der Waals surface area contributed by atoms with Crippen LogP contribution in [-0.4, -0.2) is 12.8 Å². The number of rotatable bonds is 4. The van der Waals surface area contributed by atoms with E-state index in [1.165, 1.54) is 5.56 Å². The summed E-state index contributed by atoms with van der Waals surface area (Å²) in [5.74, 6) is 0.659. The van der Waals surface area contributed by atoms with Crippen LogP contribution in [0.25, 0.3) is 0 Å². The molecule has 0 heterocycles. The van der Waals surface area contributed by atoms with Gasteiger partial charge in [-0.05, 0) is 11.5 Å². The third kappa shape index (κ3) is 4.46. The quantitative estimate of drug-likeness (QED) is 0.624. The van der Waals surface area contributed by atoms with Crippen molar-refractivity contribution >= 4 is 6.21 Å². The zero-order valence-electron chi connectivity index (χ0n) is 8.40. The molecule has 1 heteroatoms. The van der Waals surface area contributed by atoms with Crippen LogP contribution in [0.3, 0.4) is 0 Å². The van der Waals surface area contributed by atoms with E-state index >= 15 is 0 Å². The van der Waals surface area contributed by atoms with Crippen LogP contribution in [0, 0.1) is 5.92 Å². The molecule has 0 fully saturated rings. The predicted molar refractivity (Wildman–Crippen MR) is 58.3 cm³/mol. The van der Waals surface area contributed by atoms with Crippen molar-refractivity contribution in [2.45, 2.75) is 20.3 Å². The lowest BCUT2D eigenvalue weighted by molar-refractivity contribution is 0.666. The molecule has 70 valence electrons. The molecule has 0 N–H and O–H groups in total. The molecule has 1 aromatic carbocycles. The first-order valence-corrected chi connectivity index (χ1v) is 4.81. The number of hydrogen-bond acceptors (Lipinski definition) is 1. The van der Waals surface area contributed by atoms with E-state index in [0.717, 1.165) is 13.0 Å². The summed E-state index contributed by atoms with van der Waals surface area (Å²) in [5, 5.41) is 0. The summed E-state index contributed by atoms with van der Waals surface area (Å²) in [6.45, 7) is 5.30. The van der Waals surface area contributed by atoms with Crippen molar-refractivity contribution in [1.82, 2.24) is 0 Å². The fraction of sp³-hybridized carbons (Fsp3) is 0.417. The van der Waals surface area contributed by atoms with Crippen LogP contribution in [0.2, 0.25) is 0 Å². The lowest BCUT2D eigenvalue weighted by Crippen LogP contribution is -1.93. The molecule has 0 aromatic heterocycles. The normalized spacial score (nSPS) is 11.3. The maximum Gasteiger partial charge on any atom is 0.0408 e. The largest absolute Gasteiger partial charge is 0.297 e. The van der Waals surface area contributed by atoms with Gasteiger partial charge in [-0.15, -0.1) is 0 Å². The van der Waals surface area contributed by atoms with Crippen molar-refractivity contribution in [2.24, 2.45) is 10.9 Å². The molecule has 1 aromatic rings. The molecular weight excluding hydrogens is 158 g/mol. The van der Waals surface area contributed by atoms with Crippen LogP contribution in [0.4, 0.5) is 0 Å². The Kier molecular flexibility index (Phi) is 4.24. The van der Waals surface area contributed by atoms with Crippen LogP contribution in [0.1, 0.15) is 19.4 Å². The first-order chi connectivity index (χ1) is 6.29. The van der Waals surface area contributed by atoms with Gasteiger partial charge in [-0.3, -0.25) is 4.99 Å². The van der Waals surface area contributed by atoms with E-state index in [2.05, 4.69) is 43.1 Å². The van der Waals surface area contributed by atoms with Crippen LogP contribution in [-0.2, 0) is 6.42 Å². The number of aliphatic imine (C=N–C) groups is 1. The lowest BCUT2D eigenvalue weighted by atomic mass is 10.2. The molecule has 0 amide bonds. The maximum atomic E-state index is 4.34. The van der Waals surface area contributed by atoms with Crippen LogP contribution in [0.5, 0.6) is 0 Å². The van der Waals surface area contributed by atoms with Crippen LogP contribution >= 0.6 is 0 Å². The van der Waals surface area contributed by atoms with E-state index in [9.17, 15) is 0 Å². The molecular formula is C12H17N. The minimum absolute atomic E-state index is 0.659. The van der Waals surface area contributed by atoms with Crippen molar-refractivity contribution in [3.05, 3.63) is 35.9 Å². The summed E-state index contributed by atoms with van der Waals surface area (Å²) in [5.41, 5.74) is 1.33.